The number of benzene rings is 2. The molecule has 0 amide bonds. The monoisotopic (exact) mass is 398 g/mol. The number of aliphatic hydroxyl groups excluding tert-OH is 1. The van der Waals surface area contributed by atoms with Crippen molar-refractivity contribution in [1.29, 1.82) is 0 Å². The van der Waals surface area contributed by atoms with E-state index in [0.717, 1.165) is 0 Å². The molecule has 29 heavy (non-hydrogen) atoms. The molecule has 4 atom stereocenters. The van der Waals surface area contributed by atoms with Crippen LogP contribution in [0.4, 0.5) is 0 Å². The van der Waals surface area contributed by atoms with Gasteiger partial charge in [-0.1, -0.05) is 24.3 Å². The van der Waals surface area contributed by atoms with Gasteiger partial charge in [0.2, 0.25) is 0 Å². The number of aromatic hydroxyl groups is 2. The van der Waals surface area contributed by atoms with Crippen LogP contribution in [-0.4, -0.2) is 45.4 Å². The number of aliphatic hydroxyl groups is 1. The standard InChI is InChI=1S/C22H22O7/c1-10(28-17-8-7-15(23)11(2)29-17)14-9-16(24)18-19(22(14)27)21(26)13-6-4-3-5-12(13)20(18)25/h3-6,9-11,15,17,23-24,27H,7-8H2,1-2H3/t10-,11-,15+,17+/m0/s1. The summed E-state index contributed by atoms with van der Waals surface area (Å²) in [7, 11) is 0. The van der Waals surface area contributed by atoms with Gasteiger partial charge in [0.15, 0.2) is 17.9 Å². The molecule has 4 rings (SSSR count). The summed E-state index contributed by atoms with van der Waals surface area (Å²) in [6.07, 6.45) is -1.28. The number of hydrogen-bond donors (Lipinski definition) is 3. The lowest BCUT2D eigenvalue weighted by Gasteiger charge is -2.33. The fourth-order valence-electron chi connectivity index (χ4n) is 3.93. The summed E-state index contributed by atoms with van der Waals surface area (Å²) in [6, 6.07) is 7.56. The Hall–Kier alpha value is -2.74. The average Bonchev–Trinajstić information content (AvgIpc) is 2.70. The maximum Gasteiger partial charge on any atom is 0.198 e. The lowest BCUT2D eigenvalue weighted by molar-refractivity contribution is -0.233. The molecule has 2 aromatic rings. The average molecular weight is 398 g/mol. The van der Waals surface area contributed by atoms with Gasteiger partial charge in [-0.2, -0.15) is 0 Å². The van der Waals surface area contributed by atoms with Crippen LogP contribution in [-0.2, 0) is 9.47 Å². The Labute approximate surface area is 167 Å². The van der Waals surface area contributed by atoms with Crippen LogP contribution in [0.3, 0.4) is 0 Å². The molecule has 2 aliphatic rings. The van der Waals surface area contributed by atoms with E-state index < -0.39 is 30.1 Å². The number of phenols is 2. The van der Waals surface area contributed by atoms with E-state index in [4.69, 9.17) is 9.47 Å². The number of phenolic OH excluding ortho intramolecular Hbond substituents is 2. The third kappa shape index (κ3) is 3.21. The predicted molar refractivity (Wildman–Crippen MR) is 102 cm³/mol. The molecule has 7 nitrogen and oxygen atoms in total. The molecule has 3 N–H and O–H groups in total. The highest BCUT2D eigenvalue weighted by atomic mass is 16.7. The van der Waals surface area contributed by atoms with Crippen LogP contribution in [0.25, 0.3) is 0 Å². The summed E-state index contributed by atoms with van der Waals surface area (Å²) in [5.41, 5.74) is 0.146. The van der Waals surface area contributed by atoms with Gasteiger partial charge in [0.25, 0.3) is 0 Å². The van der Waals surface area contributed by atoms with Crippen molar-refractivity contribution in [3.05, 3.63) is 58.1 Å². The normalized spacial score (nSPS) is 24.7. The highest BCUT2D eigenvalue weighted by Gasteiger charge is 2.37. The summed E-state index contributed by atoms with van der Waals surface area (Å²) < 4.78 is 11.5. The molecule has 152 valence electrons. The van der Waals surface area contributed by atoms with E-state index in [1.165, 1.54) is 18.2 Å². The van der Waals surface area contributed by atoms with Crippen LogP contribution >= 0.6 is 0 Å². The van der Waals surface area contributed by atoms with Crippen LogP contribution < -0.4 is 0 Å². The molecule has 0 bridgehead atoms. The topological polar surface area (TPSA) is 113 Å². The zero-order valence-corrected chi connectivity index (χ0v) is 16.1. The molecule has 1 fully saturated rings. The van der Waals surface area contributed by atoms with Gasteiger partial charge in [0.1, 0.15) is 11.5 Å². The van der Waals surface area contributed by atoms with Gasteiger partial charge in [-0.05, 0) is 26.3 Å². The minimum Gasteiger partial charge on any atom is -0.507 e. The number of carbonyl (C=O) groups is 2. The van der Waals surface area contributed by atoms with E-state index in [2.05, 4.69) is 0 Å². The molecule has 0 aromatic heterocycles. The van der Waals surface area contributed by atoms with Crippen LogP contribution in [0.2, 0.25) is 0 Å². The molecule has 0 spiro atoms. The van der Waals surface area contributed by atoms with Crippen molar-refractivity contribution in [3.8, 4) is 11.5 Å². The van der Waals surface area contributed by atoms with Crippen LogP contribution in [0.5, 0.6) is 11.5 Å². The van der Waals surface area contributed by atoms with Gasteiger partial charge in [0, 0.05) is 23.1 Å². The van der Waals surface area contributed by atoms with Crippen molar-refractivity contribution < 1.29 is 34.4 Å². The van der Waals surface area contributed by atoms with Gasteiger partial charge in [-0.3, -0.25) is 9.59 Å². The molecule has 2 aromatic carbocycles. The zero-order valence-electron chi connectivity index (χ0n) is 16.1. The fraction of sp³-hybridized carbons (Fsp3) is 0.364. The van der Waals surface area contributed by atoms with E-state index in [9.17, 15) is 24.9 Å². The van der Waals surface area contributed by atoms with Crippen molar-refractivity contribution >= 4 is 11.6 Å². The van der Waals surface area contributed by atoms with Crippen LogP contribution in [0.15, 0.2) is 30.3 Å². The maximum atomic E-state index is 13.0. The Morgan fingerprint density at radius 1 is 1.07 bits per heavy atom. The van der Waals surface area contributed by atoms with E-state index >= 15 is 0 Å². The summed E-state index contributed by atoms with van der Waals surface area (Å²) in [5, 5.41) is 31.1. The van der Waals surface area contributed by atoms with Crippen molar-refractivity contribution in [3.63, 3.8) is 0 Å². The Bertz CT molecular complexity index is 997. The first-order chi connectivity index (χ1) is 13.8. The summed E-state index contributed by atoms with van der Waals surface area (Å²) >= 11 is 0. The number of hydrogen-bond acceptors (Lipinski definition) is 7. The molecule has 7 heteroatoms. The number of rotatable bonds is 3. The lowest BCUT2D eigenvalue weighted by atomic mass is 9.81. The lowest BCUT2D eigenvalue weighted by Crippen LogP contribution is -2.38. The molecular formula is C22H22O7. The Morgan fingerprint density at radius 2 is 1.69 bits per heavy atom. The molecule has 1 saturated heterocycles. The van der Waals surface area contributed by atoms with Gasteiger partial charge in [-0.25, -0.2) is 0 Å². The number of ether oxygens (including phenoxy) is 2. The van der Waals surface area contributed by atoms with Gasteiger partial charge < -0.3 is 24.8 Å². The number of carbonyl (C=O) groups excluding carboxylic acids is 2. The number of ketones is 2. The van der Waals surface area contributed by atoms with Gasteiger partial charge >= 0.3 is 0 Å². The molecule has 1 heterocycles. The summed E-state index contributed by atoms with van der Waals surface area (Å²) in [5.74, 6) is -1.81. The molecule has 0 saturated carbocycles. The van der Waals surface area contributed by atoms with Gasteiger partial charge in [-0.15, -0.1) is 0 Å². The van der Waals surface area contributed by atoms with Gasteiger partial charge in [0.05, 0.1) is 29.4 Å². The molecular weight excluding hydrogens is 376 g/mol. The molecule has 0 radical (unpaired) electrons. The minimum absolute atomic E-state index is 0.184. The van der Waals surface area contributed by atoms with Crippen LogP contribution in [0, 0.1) is 0 Å². The highest BCUT2D eigenvalue weighted by Crippen LogP contribution is 2.43. The quantitative estimate of drug-likeness (QED) is 0.582. The van der Waals surface area contributed by atoms with E-state index in [0.29, 0.717) is 12.8 Å². The Morgan fingerprint density at radius 3 is 2.31 bits per heavy atom. The third-order valence-electron chi connectivity index (χ3n) is 5.58. The second-order valence-corrected chi connectivity index (χ2v) is 7.48. The van der Waals surface area contributed by atoms with Crippen molar-refractivity contribution in [2.24, 2.45) is 0 Å². The molecule has 1 aliphatic carbocycles. The minimum atomic E-state index is -0.723. The Kier molecular flexibility index (Phi) is 4.90. The second-order valence-electron chi connectivity index (χ2n) is 7.48. The van der Waals surface area contributed by atoms with Crippen molar-refractivity contribution in [2.45, 2.75) is 51.3 Å². The maximum absolute atomic E-state index is 13.0. The first-order valence-corrected chi connectivity index (χ1v) is 9.55. The Balaban J connectivity index is 1.70. The first-order valence-electron chi connectivity index (χ1n) is 9.55. The fourth-order valence-corrected chi connectivity index (χ4v) is 3.93. The first kappa shape index (κ1) is 19.6. The van der Waals surface area contributed by atoms with E-state index in [1.54, 1.807) is 26.0 Å². The largest absolute Gasteiger partial charge is 0.507 e. The second kappa shape index (κ2) is 7.26. The molecule has 0 unspecified atom stereocenters. The zero-order chi connectivity index (χ0) is 20.9. The summed E-state index contributed by atoms with van der Waals surface area (Å²) in [4.78, 5) is 25.7. The van der Waals surface area contributed by atoms with Crippen molar-refractivity contribution in [2.75, 3.05) is 0 Å². The van der Waals surface area contributed by atoms with Crippen molar-refractivity contribution in [1.82, 2.24) is 0 Å². The SMILES string of the molecule is C[C@H](O[C@H]1CC[C@@H](O)[C@H](C)O1)c1cc(O)c2c(c1O)C(=O)c1ccccc1C2=O. The van der Waals surface area contributed by atoms with E-state index in [-0.39, 0.29) is 45.4 Å². The highest BCUT2D eigenvalue weighted by molar-refractivity contribution is 6.30. The summed E-state index contributed by atoms with van der Waals surface area (Å²) in [6.45, 7) is 3.40. The number of fused-ring (bicyclic) bond motifs is 2. The smallest absolute Gasteiger partial charge is 0.198 e. The molecule has 1 aliphatic heterocycles. The van der Waals surface area contributed by atoms with E-state index in [1.807, 2.05) is 0 Å². The third-order valence-corrected chi connectivity index (χ3v) is 5.58. The van der Waals surface area contributed by atoms with Crippen LogP contribution in [0.1, 0.15) is 70.2 Å². The predicted octanol–water partition coefficient (Wildman–Crippen LogP) is 2.84.